The smallest absolute Gasteiger partial charge is 0.258 e. The van der Waals surface area contributed by atoms with Crippen LogP contribution in [0.25, 0.3) is 0 Å². The summed E-state index contributed by atoms with van der Waals surface area (Å²) >= 11 is 0. The molecule has 2 saturated carbocycles. The molecule has 3 fully saturated rings. The van der Waals surface area contributed by atoms with Gasteiger partial charge in [-0.1, -0.05) is 13.8 Å². The molecule has 3 aliphatic rings. The lowest BCUT2D eigenvalue weighted by Crippen LogP contribution is -2.70. The van der Waals surface area contributed by atoms with Gasteiger partial charge in [-0.2, -0.15) is 0 Å². The Bertz CT molecular complexity index is 495. The number of halogens is 2. The topological polar surface area (TPSA) is 84.2 Å². The monoisotopic (exact) mass is 339 g/mol. The van der Waals surface area contributed by atoms with E-state index in [1.165, 1.54) is 0 Å². The molecule has 2 unspecified atom stereocenters. The molecule has 0 bridgehead atoms. The van der Waals surface area contributed by atoms with E-state index in [9.17, 15) is 29.2 Å². The first-order chi connectivity index (χ1) is 9.83. The SMILES string of the molecule is CC(C)C(O)(O)[C@]1(P)N(C(O)(O)C2CC2(F)F)CCC12CC2. The van der Waals surface area contributed by atoms with E-state index < -0.39 is 46.6 Å². The first-order valence-electron chi connectivity index (χ1n) is 7.67. The summed E-state index contributed by atoms with van der Waals surface area (Å²) in [4.78, 5) is 1.07. The maximum absolute atomic E-state index is 13.4. The normalized spacial score (nSPS) is 37.1. The van der Waals surface area contributed by atoms with Crippen LogP contribution in [0.1, 0.15) is 39.5 Å². The number of hydrogen-bond donors (Lipinski definition) is 4. The zero-order valence-electron chi connectivity index (χ0n) is 12.8. The molecule has 0 aromatic carbocycles. The molecule has 2 aliphatic carbocycles. The van der Waals surface area contributed by atoms with E-state index in [0.717, 1.165) is 4.90 Å². The molecular formula is C14H24F2NO4P. The number of hydrogen-bond acceptors (Lipinski definition) is 5. The molecule has 22 heavy (non-hydrogen) atoms. The van der Waals surface area contributed by atoms with Crippen molar-refractivity contribution >= 4 is 9.24 Å². The largest absolute Gasteiger partial charge is 0.364 e. The molecule has 1 saturated heterocycles. The third-order valence-electron chi connectivity index (χ3n) is 5.96. The first-order valence-corrected chi connectivity index (χ1v) is 8.25. The lowest BCUT2D eigenvalue weighted by molar-refractivity contribution is -0.343. The third kappa shape index (κ3) is 1.90. The van der Waals surface area contributed by atoms with Crippen LogP contribution < -0.4 is 0 Å². The predicted molar refractivity (Wildman–Crippen MR) is 77.7 cm³/mol. The Hall–Kier alpha value is 0.0900. The Kier molecular flexibility index (Phi) is 3.37. The summed E-state index contributed by atoms with van der Waals surface area (Å²) in [7, 11) is 2.36. The minimum absolute atomic E-state index is 0.138. The number of rotatable bonds is 4. The zero-order chi connectivity index (χ0) is 16.8. The molecule has 3 rings (SSSR count). The van der Waals surface area contributed by atoms with Crippen LogP contribution in [-0.4, -0.2) is 54.8 Å². The van der Waals surface area contributed by atoms with Crippen molar-refractivity contribution in [3.8, 4) is 0 Å². The standard InChI is InChI=1S/C14H24F2NO4P/c1-8(2)12(18,19)14(22)10(3-4-10)5-6-17(14)13(20,21)9-7-11(9,15)16/h8-9,18-21H,3-7,22H2,1-2H3/t9?,14-/m0/s1. The number of aliphatic hydroxyl groups is 4. The summed E-state index contributed by atoms with van der Waals surface area (Å²) in [5, 5.41) is 40.7. The van der Waals surface area contributed by atoms with Gasteiger partial charge < -0.3 is 20.4 Å². The Morgan fingerprint density at radius 2 is 1.64 bits per heavy atom. The van der Waals surface area contributed by atoms with E-state index in [1.807, 2.05) is 0 Å². The second-order valence-corrected chi connectivity index (χ2v) is 8.37. The molecule has 0 aromatic heterocycles. The summed E-state index contributed by atoms with van der Waals surface area (Å²) in [6.45, 7) is 3.36. The molecule has 8 heteroatoms. The van der Waals surface area contributed by atoms with Gasteiger partial charge in [0.1, 0.15) is 0 Å². The zero-order valence-corrected chi connectivity index (χ0v) is 13.9. The molecule has 5 nitrogen and oxygen atoms in total. The highest BCUT2D eigenvalue weighted by molar-refractivity contribution is 7.19. The predicted octanol–water partition coefficient (Wildman–Crippen LogP) is 0.674. The van der Waals surface area contributed by atoms with Crippen LogP contribution in [0.5, 0.6) is 0 Å². The lowest BCUT2D eigenvalue weighted by Gasteiger charge is -2.53. The van der Waals surface area contributed by atoms with Gasteiger partial charge in [0.15, 0.2) is 5.79 Å². The van der Waals surface area contributed by atoms with Crippen LogP contribution in [0.2, 0.25) is 0 Å². The van der Waals surface area contributed by atoms with Crippen LogP contribution in [0.3, 0.4) is 0 Å². The van der Waals surface area contributed by atoms with Crippen molar-refractivity contribution < 1.29 is 29.2 Å². The second kappa shape index (κ2) is 4.38. The Morgan fingerprint density at radius 3 is 2.00 bits per heavy atom. The maximum atomic E-state index is 13.4. The van der Waals surface area contributed by atoms with Crippen molar-refractivity contribution in [2.75, 3.05) is 6.54 Å². The van der Waals surface area contributed by atoms with Gasteiger partial charge in [-0.05, 0) is 24.7 Å². The fourth-order valence-electron chi connectivity index (χ4n) is 4.04. The molecule has 1 aliphatic heterocycles. The molecule has 0 aromatic rings. The van der Waals surface area contributed by atoms with E-state index in [4.69, 9.17) is 0 Å². The van der Waals surface area contributed by atoms with E-state index in [-0.39, 0.29) is 6.54 Å². The summed E-state index contributed by atoms with van der Waals surface area (Å²) in [6.07, 6.45) is 1.34. The van der Waals surface area contributed by atoms with Gasteiger partial charge in [0.2, 0.25) is 5.91 Å². The van der Waals surface area contributed by atoms with Crippen molar-refractivity contribution in [3.63, 3.8) is 0 Å². The van der Waals surface area contributed by atoms with Crippen molar-refractivity contribution in [1.82, 2.24) is 4.90 Å². The van der Waals surface area contributed by atoms with Gasteiger partial charge in [-0.25, -0.2) is 13.7 Å². The maximum Gasteiger partial charge on any atom is 0.258 e. The molecular weight excluding hydrogens is 315 g/mol. The molecule has 1 spiro atoms. The summed E-state index contributed by atoms with van der Waals surface area (Å²) in [5.41, 5.74) is -0.494. The highest BCUT2D eigenvalue weighted by Gasteiger charge is 2.78. The molecule has 3 atom stereocenters. The fraction of sp³-hybridized carbons (Fsp3) is 1.00. The van der Waals surface area contributed by atoms with Crippen LogP contribution in [0.15, 0.2) is 0 Å². The highest BCUT2D eigenvalue weighted by atomic mass is 31.0. The van der Waals surface area contributed by atoms with Crippen LogP contribution in [0.4, 0.5) is 8.78 Å². The molecule has 0 amide bonds. The molecule has 0 radical (unpaired) electrons. The van der Waals surface area contributed by atoms with Gasteiger partial charge in [-0.3, -0.25) is 0 Å². The van der Waals surface area contributed by atoms with Gasteiger partial charge in [-0.15, -0.1) is 9.24 Å². The van der Waals surface area contributed by atoms with Crippen LogP contribution >= 0.6 is 9.24 Å². The Morgan fingerprint density at radius 1 is 1.14 bits per heavy atom. The van der Waals surface area contributed by atoms with E-state index >= 15 is 0 Å². The number of nitrogens with zero attached hydrogens (tertiary/aromatic N) is 1. The summed E-state index contributed by atoms with van der Waals surface area (Å²) in [6, 6.07) is 0. The average Bonchev–Trinajstić information content (AvgIpc) is 3.23. The summed E-state index contributed by atoms with van der Waals surface area (Å²) < 4.78 is 26.8. The van der Waals surface area contributed by atoms with Gasteiger partial charge in [0.25, 0.3) is 5.92 Å². The van der Waals surface area contributed by atoms with E-state index in [1.54, 1.807) is 13.8 Å². The van der Waals surface area contributed by atoms with Gasteiger partial charge in [0.05, 0.1) is 11.2 Å². The number of likely N-dealkylation sites (tertiary alicyclic amines) is 1. The minimum atomic E-state index is -3.13. The minimum Gasteiger partial charge on any atom is -0.364 e. The quantitative estimate of drug-likeness (QED) is 0.447. The van der Waals surface area contributed by atoms with Crippen LogP contribution in [0, 0.1) is 17.3 Å². The second-order valence-electron chi connectivity index (χ2n) is 7.53. The Labute approximate surface area is 130 Å². The van der Waals surface area contributed by atoms with Crippen molar-refractivity contribution in [1.29, 1.82) is 0 Å². The average molecular weight is 339 g/mol. The van der Waals surface area contributed by atoms with Crippen LogP contribution in [-0.2, 0) is 0 Å². The number of alkyl halides is 2. The van der Waals surface area contributed by atoms with Gasteiger partial charge >= 0.3 is 0 Å². The molecule has 4 N–H and O–H groups in total. The first kappa shape index (κ1) is 16.9. The van der Waals surface area contributed by atoms with Crippen molar-refractivity contribution in [2.24, 2.45) is 17.3 Å². The van der Waals surface area contributed by atoms with Gasteiger partial charge in [0, 0.05) is 18.9 Å². The fourth-order valence-corrected chi connectivity index (χ4v) is 5.12. The third-order valence-corrected chi connectivity index (χ3v) is 7.31. The van der Waals surface area contributed by atoms with Crippen molar-refractivity contribution in [3.05, 3.63) is 0 Å². The van der Waals surface area contributed by atoms with E-state index in [0.29, 0.717) is 19.3 Å². The highest BCUT2D eigenvalue weighted by Crippen LogP contribution is 2.71. The van der Waals surface area contributed by atoms with Crippen molar-refractivity contribution in [2.45, 2.75) is 62.4 Å². The lowest BCUT2D eigenvalue weighted by atomic mass is 9.82. The molecule has 128 valence electrons. The Balaban J connectivity index is 2.01. The molecule has 1 heterocycles. The summed E-state index contributed by atoms with van der Waals surface area (Å²) in [5.74, 6) is -10.3. The van der Waals surface area contributed by atoms with E-state index in [2.05, 4.69) is 9.24 Å².